The number of Topliss-reactive ketones (excluding diaryl/α,β-unsaturated/α-hetero) is 1. The summed E-state index contributed by atoms with van der Waals surface area (Å²) in [6.07, 6.45) is 0. The Morgan fingerprint density at radius 3 is 2.66 bits per heavy atom. The first-order valence-corrected chi connectivity index (χ1v) is 10.3. The molecule has 1 aliphatic rings. The third-order valence-corrected chi connectivity index (χ3v) is 6.29. The Kier molecular flexibility index (Phi) is 5.30. The van der Waals surface area contributed by atoms with E-state index in [2.05, 4.69) is 0 Å². The second-order valence-electron chi connectivity index (χ2n) is 7.20. The molecule has 0 aliphatic carbocycles. The Morgan fingerprint density at radius 1 is 1.21 bits per heavy atom. The third-order valence-electron chi connectivity index (χ3n) is 5.28. The summed E-state index contributed by atoms with van der Waals surface area (Å²) in [7, 11) is 1.85. The van der Waals surface area contributed by atoms with Crippen LogP contribution in [-0.4, -0.2) is 37.2 Å². The van der Waals surface area contributed by atoms with Crippen molar-refractivity contribution in [3.63, 3.8) is 0 Å². The lowest BCUT2D eigenvalue weighted by Crippen LogP contribution is -2.52. The van der Waals surface area contributed by atoms with E-state index in [4.69, 9.17) is 10.7 Å². The van der Waals surface area contributed by atoms with E-state index in [1.54, 1.807) is 6.07 Å². The van der Waals surface area contributed by atoms with Crippen LogP contribution in [0, 0.1) is 12.7 Å². The molecule has 0 amide bonds. The van der Waals surface area contributed by atoms with E-state index in [1.807, 2.05) is 61.3 Å². The van der Waals surface area contributed by atoms with Gasteiger partial charge in [-0.1, -0.05) is 30.3 Å². The molecule has 1 aromatic heterocycles. The Labute approximate surface area is 173 Å². The van der Waals surface area contributed by atoms with E-state index in [0.717, 1.165) is 21.7 Å². The van der Waals surface area contributed by atoms with Gasteiger partial charge in [-0.15, -0.1) is 11.3 Å². The lowest BCUT2D eigenvalue weighted by Gasteiger charge is -2.32. The van der Waals surface area contributed by atoms with Gasteiger partial charge in [0.25, 0.3) is 0 Å². The summed E-state index contributed by atoms with van der Waals surface area (Å²) in [5.41, 5.74) is 9.66. The van der Waals surface area contributed by atoms with Gasteiger partial charge in [0, 0.05) is 28.7 Å². The van der Waals surface area contributed by atoms with E-state index in [1.165, 1.54) is 23.5 Å². The molecule has 4 nitrogen and oxygen atoms in total. The van der Waals surface area contributed by atoms with Crippen molar-refractivity contribution in [1.29, 1.82) is 0 Å². The highest BCUT2D eigenvalue weighted by Gasteiger charge is 2.33. The zero-order chi connectivity index (χ0) is 20.5. The molecule has 0 saturated carbocycles. The number of hydrogen-bond acceptors (Lipinski definition) is 5. The molecule has 2 atom stereocenters. The summed E-state index contributed by atoms with van der Waals surface area (Å²) in [5, 5.41) is 0. The molecule has 2 heterocycles. The molecule has 1 aliphatic heterocycles. The topological polar surface area (TPSA) is 58.7 Å². The molecule has 2 unspecified atom stereocenters. The highest BCUT2D eigenvalue weighted by molar-refractivity contribution is 7.14. The number of fused-ring (bicyclic) bond motifs is 1. The van der Waals surface area contributed by atoms with Crippen molar-refractivity contribution in [2.45, 2.75) is 19.0 Å². The summed E-state index contributed by atoms with van der Waals surface area (Å²) in [6, 6.07) is 17.0. The van der Waals surface area contributed by atoms with Crippen molar-refractivity contribution in [2.75, 3.05) is 18.5 Å². The number of halogens is 1. The number of anilines is 1. The molecule has 0 spiro atoms. The van der Waals surface area contributed by atoms with Gasteiger partial charge in [-0.25, -0.2) is 4.39 Å². The van der Waals surface area contributed by atoms with Crippen LogP contribution in [0.4, 0.5) is 10.1 Å². The number of benzene rings is 2. The lowest BCUT2D eigenvalue weighted by atomic mass is 9.99. The Morgan fingerprint density at radius 2 is 1.97 bits per heavy atom. The molecule has 0 saturated heterocycles. The minimum Gasteiger partial charge on any atom is -0.367 e. The van der Waals surface area contributed by atoms with Crippen LogP contribution in [0.1, 0.15) is 25.7 Å². The number of aryl methyl sites for hydroxylation is 1. The minimum absolute atomic E-state index is 0.115. The first kappa shape index (κ1) is 19.5. The fourth-order valence-corrected chi connectivity index (χ4v) is 4.53. The standard InChI is InChI=1S/C23H22FN3OS/c1-14-8-11-20(29-14)23(28)21(25)19-13-26-22(15-6-4-3-5-7-15)17-10-9-16(24)12-18(17)27(19)2/h3-12,19,21H,13,25H2,1-2H3. The molecular weight excluding hydrogens is 385 g/mol. The van der Waals surface area contributed by atoms with E-state index < -0.39 is 6.04 Å². The summed E-state index contributed by atoms with van der Waals surface area (Å²) >= 11 is 1.44. The maximum absolute atomic E-state index is 14.1. The molecule has 148 valence electrons. The van der Waals surface area contributed by atoms with Gasteiger partial charge in [0.1, 0.15) is 5.82 Å². The molecule has 3 aromatic rings. The van der Waals surface area contributed by atoms with Crippen molar-refractivity contribution in [3.05, 3.63) is 87.4 Å². The van der Waals surface area contributed by atoms with E-state index in [9.17, 15) is 9.18 Å². The number of thiophene rings is 1. The number of nitrogens with two attached hydrogens (primary N) is 1. The second kappa shape index (κ2) is 7.89. The van der Waals surface area contributed by atoms with Crippen molar-refractivity contribution >= 4 is 28.5 Å². The number of benzodiazepines with no additional fused rings is 1. The summed E-state index contributed by atoms with van der Waals surface area (Å²) in [6.45, 7) is 2.30. The van der Waals surface area contributed by atoms with Crippen LogP contribution in [0.3, 0.4) is 0 Å². The molecule has 0 bridgehead atoms. The number of rotatable bonds is 4. The maximum Gasteiger partial charge on any atom is 0.191 e. The first-order valence-electron chi connectivity index (χ1n) is 9.44. The Balaban J connectivity index is 1.76. The van der Waals surface area contributed by atoms with Crippen molar-refractivity contribution < 1.29 is 9.18 Å². The smallest absolute Gasteiger partial charge is 0.191 e. The van der Waals surface area contributed by atoms with Gasteiger partial charge in [0.2, 0.25) is 0 Å². The summed E-state index contributed by atoms with van der Waals surface area (Å²) in [5.74, 6) is -0.450. The van der Waals surface area contributed by atoms with Crippen LogP contribution in [0.25, 0.3) is 0 Å². The van der Waals surface area contributed by atoms with Crippen LogP contribution in [0.15, 0.2) is 65.7 Å². The van der Waals surface area contributed by atoms with Crippen LogP contribution in [-0.2, 0) is 0 Å². The fourth-order valence-electron chi connectivity index (χ4n) is 3.67. The van der Waals surface area contributed by atoms with Gasteiger partial charge >= 0.3 is 0 Å². The van der Waals surface area contributed by atoms with E-state index in [0.29, 0.717) is 17.1 Å². The van der Waals surface area contributed by atoms with Crippen molar-refractivity contribution in [3.8, 4) is 0 Å². The van der Waals surface area contributed by atoms with Gasteiger partial charge in [0.05, 0.1) is 29.2 Å². The van der Waals surface area contributed by atoms with Crippen LogP contribution < -0.4 is 10.6 Å². The number of carbonyl (C=O) groups excluding carboxylic acids is 1. The van der Waals surface area contributed by atoms with Gasteiger partial charge in [-0.05, 0) is 37.3 Å². The third kappa shape index (κ3) is 3.73. The highest BCUT2D eigenvalue weighted by atomic mass is 32.1. The normalized spacial score (nSPS) is 17.3. The van der Waals surface area contributed by atoms with Crippen LogP contribution in [0.5, 0.6) is 0 Å². The minimum atomic E-state index is -0.770. The second-order valence-corrected chi connectivity index (χ2v) is 8.48. The average molecular weight is 408 g/mol. The van der Waals surface area contributed by atoms with Crippen molar-refractivity contribution in [1.82, 2.24) is 0 Å². The molecule has 29 heavy (non-hydrogen) atoms. The summed E-state index contributed by atoms with van der Waals surface area (Å²) in [4.78, 5) is 21.4. The average Bonchev–Trinajstić information content (AvgIpc) is 3.11. The molecule has 2 aromatic carbocycles. The number of nitrogens with zero attached hydrogens (tertiary/aromatic N) is 2. The van der Waals surface area contributed by atoms with Gasteiger partial charge in [-0.2, -0.15) is 0 Å². The predicted molar refractivity (Wildman–Crippen MR) is 117 cm³/mol. The fraction of sp³-hybridized carbons (Fsp3) is 0.217. The van der Waals surface area contributed by atoms with Gasteiger partial charge in [-0.3, -0.25) is 9.79 Å². The first-order chi connectivity index (χ1) is 14.0. The monoisotopic (exact) mass is 407 g/mol. The summed E-state index contributed by atoms with van der Waals surface area (Å²) < 4.78 is 14.1. The predicted octanol–water partition coefficient (Wildman–Crippen LogP) is 4.06. The zero-order valence-electron chi connectivity index (χ0n) is 16.3. The maximum atomic E-state index is 14.1. The zero-order valence-corrected chi connectivity index (χ0v) is 17.1. The number of carbonyl (C=O) groups is 1. The molecule has 0 fully saturated rings. The Bertz CT molecular complexity index is 1080. The largest absolute Gasteiger partial charge is 0.367 e. The van der Waals surface area contributed by atoms with Crippen LogP contribution >= 0.6 is 11.3 Å². The molecule has 6 heteroatoms. The molecule has 4 rings (SSSR count). The number of likely N-dealkylation sites (N-methyl/N-ethyl adjacent to an activating group) is 1. The van der Waals surface area contributed by atoms with Crippen molar-refractivity contribution in [2.24, 2.45) is 10.7 Å². The SMILES string of the molecule is Cc1ccc(C(=O)C(N)C2CN=C(c3ccccc3)c3ccc(F)cc3N2C)s1. The quantitative estimate of drug-likeness (QED) is 0.664. The van der Waals surface area contributed by atoms with E-state index in [-0.39, 0.29) is 17.6 Å². The molecule has 2 N–H and O–H groups in total. The number of ketones is 1. The molecular formula is C23H22FN3OS. The number of aliphatic imine (C=N–C) groups is 1. The number of hydrogen-bond donors (Lipinski definition) is 1. The van der Waals surface area contributed by atoms with Gasteiger partial charge < -0.3 is 10.6 Å². The molecule has 0 radical (unpaired) electrons. The Hall–Kier alpha value is -2.83. The highest BCUT2D eigenvalue weighted by Crippen LogP contribution is 2.30. The lowest BCUT2D eigenvalue weighted by molar-refractivity contribution is 0.0954. The van der Waals surface area contributed by atoms with Gasteiger partial charge in [0.15, 0.2) is 5.78 Å². The van der Waals surface area contributed by atoms with E-state index >= 15 is 0 Å². The van der Waals surface area contributed by atoms with Crippen LogP contribution in [0.2, 0.25) is 0 Å².